The molecule has 0 aromatic rings. The van der Waals surface area contributed by atoms with Crippen LogP contribution in [-0.2, 0) is 23.8 Å². The Bertz CT molecular complexity index is 200. The molecule has 1 saturated heterocycles. The first-order valence-electron chi connectivity index (χ1n) is 3.50. The Balaban J connectivity index is 2.57. The van der Waals surface area contributed by atoms with Gasteiger partial charge in [-0.1, -0.05) is 0 Å². The molecular weight excluding hydrogens is 164 g/mol. The van der Waals surface area contributed by atoms with Crippen LogP contribution in [0.5, 0.6) is 0 Å². The molecule has 68 valence electrons. The minimum Gasteiger partial charge on any atom is -0.468 e. The summed E-state index contributed by atoms with van der Waals surface area (Å²) >= 11 is 0. The lowest BCUT2D eigenvalue weighted by molar-refractivity contribution is -0.162. The Labute approximate surface area is 69.6 Å². The zero-order valence-electron chi connectivity index (χ0n) is 6.90. The van der Waals surface area contributed by atoms with Gasteiger partial charge in [0.25, 0.3) is 0 Å². The lowest BCUT2D eigenvalue weighted by Gasteiger charge is -2.03. The van der Waals surface area contributed by atoms with Crippen LogP contribution in [0.2, 0.25) is 0 Å². The topological polar surface area (TPSA) is 61.8 Å². The highest BCUT2D eigenvalue weighted by Crippen LogP contribution is 2.22. The smallest absolute Gasteiger partial charge is 0.322 e. The van der Waals surface area contributed by atoms with Gasteiger partial charge in [0.1, 0.15) is 0 Å². The van der Waals surface area contributed by atoms with E-state index >= 15 is 0 Å². The third kappa shape index (κ3) is 1.55. The molecule has 1 rings (SSSR count). The van der Waals surface area contributed by atoms with Gasteiger partial charge in [-0.3, -0.25) is 9.59 Å². The highest BCUT2D eigenvalue weighted by Gasteiger charge is 2.40. The maximum absolute atomic E-state index is 10.9. The second-order valence-electron chi connectivity index (χ2n) is 2.41. The number of carbonyl (C=O) groups is 2. The highest BCUT2D eigenvalue weighted by molar-refractivity contribution is 5.96. The van der Waals surface area contributed by atoms with Crippen molar-refractivity contribution in [3.05, 3.63) is 0 Å². The van der Waals surface area contributed by atoms with Crippen molar-refractivity contribution in [3.8, 4) is 0 Å². The summed E-state index contributed by atoms with van der Waals surface area (Å²) in [5, 5.41) is 0. The van der Waals surface area contributed by atoms with Crippen molar-refractivity contribution in [2.45, 2.75) is 12.7 Å². The van der Waals surface area contributed by atoms with Crippen LogP contribution in [0, 0.1) is 5.92 Å². The minimum absolute atomic E-state index is 0.238. The molecule has 1 aliphatic heterocycles. The molecule has 1 aliphatic rings. The normalized spacial score (nSPS) is 28.3. The van der Waals surface area contributed by atoms with Crippen LogP contribution >= 0.6 is 0 Å². The van der Waals surface area contributed by atoms with Gasteiger partial charge in [0.15, 0.2) is 5.92 Å². The third-order valence-electron chi connectivity index (χ3n) is 1.71. The molecule has 0 amide bonds. The monoisotopic (exact) mass is 174 g/mol. The molecule has 5 nitrogen and oxygen atoms in total. The largest absolute Gasteiger partial charge is 0.468 e. The van der Waals surface area contributed by atoms with Gasteiger partial charge in [-0.25, -0.2) is 0 Å². The lowest BCUT2D eigenvalue weighted by atomic mass is 10.1. The number of hydrogen-bond acceptors (Lipinski definition) is 5. The van der Waals surface area contributed by atoms with Gasteiger partial charge in [0.2, 0.25) is 6.29 Å². The van der Waals surface area contributed by atoms with Crippen molar-refractivity contribution in [3.63, 3.8) is 0 Å². The van der Waals surface area contributed by atoms with Gasteiger partial charge < -0.3 is 14.2 Å². The van der Waals surface area contributed by atoms with E-state index in [1.54, 1.807) is 0 Å². The summed E-state index contributed by atoms with van der Waals surface area (Å²) in [6.07, 6.45) is -0.372. The molecule has 2 unspecified atom stereocenters. The average molecular weight is 174 g/mol. The predicted octanol–water partition coefficient (Wildman–Crippen LogP) is -0.305. The summed E-state index contributed by atoms with van der Waals surface area (Å²) < 4.78 is 13.8. The summed E-state index contributed by atoms with van der Waals surface area (Å²) in [5.74, 6) is -1.96. The maximum Gasteiger partial charge on any atom is 0.322 e. The number of rotatable bonds is 2. The summed E-state index contributed by atoms with van der Waals surface area (Å²) in [6.45, 7) is 0. The SMILES string of the molecule is COC(=O)C1CC(OC)OC1=O. The molecule has 1 fully saturated rings. The molecule has 0 spiro atoms. The van der Waals surface area contributed by atoms with Gasteiger partial charge in [0, 0.05) is 13.5 Å². The van der Waals surface area contributed by atoms with Crippen molar-refractivity contribution < 1.29 is 23.8 Å². The standard InChI is InChI=1S/C7H10O5/c1-10-5-3-4(6(8)11-2)7(9)12-5/h4-5H,3H2,1-2H3. The van der Waals surface area contributed by atoms with Gasteiger partial charge in [0.05, 0.1) is 7.11 Å². The van der Waals surface area contributed by atoms with Gasteiger partial charge in [-0.2, -0.15) is 0 Å². The van der Waals surface area contributed by atoms with Crippen LogP contribution in [0.15, 0.2) is 0 Å². The number of carbonyl (C=O) groups excluding carboxylic acids is 2. The maximum atomic E-state index is 10.9. The highest BCUT2D eigenvalue weighted by atomic mass is 16.7. The average Bonchev–Trinajstić information content (AvgIpc) is 2.45. The van der Waals surface area contributed by atoms with Crippen LogP contribution in [0.1, 0.15) is 6.42 Å². The number of cyclic esters (lactones) is 1. The molecule has 1 heterocycles. The Morgan fingerprint density at radius 1 is 1.58 bits per heavy atom. The number of methoxy groups -OCH3 is 2. The quantitative estimate of drug-likeness (QED) is 0.424. The summed E-state index contributed by atoms with van der Waals surface area (Å²) in [7, 11) is 2.65. The first-order valence-corrected chi connectivity index (χ1v) is 3.50. The predicted molar refractivity (Wildman–Crippen MR) is 37.0 cm³/mol. The Morgan fingerprint density at radius 3 is 2.67 bits per heavy atom. The van der Waals surface area contributed by atoms with Crippen LogP contribution in [-0.4, -0.2) is 32.4 Å². The van der Waals surface area contributed by atoms with E-state index in [0.29, 0.717) is 0 Å². The molecule has 5 heteroatoms. The summed E-state index contributed by atoms with van der Waals surface area (Å²) in [4.78, 5) is 21.8. The fraction of sp³-hybridized carbons (Fsp3) is 0.714. The van der Waals surface area contributed by atoms with E-state index in [1.165, 1.54) is 14.2 Å². The van der Waals surface area contributed by atoms with Crippen LogP contribution in [0.25, 0.3) is 0 Å². The van der Waals surface area contributed by atoms with Gasteiger partial charge in [-0.15, -0.1) is 0 Å². The molecule has 0 aliphatic carbocycles. The fourth-order valence-corrected chi connectivity index (χ4v) is 1.03. The van der Waals surface area contributed by atoms with Crippen molar-refractivity contribution >= 4 is 11.9 Å². The number of ether oxygens (including phenoxy) is 3. The molecule has 12 heavy (non-hydrogen) atoms. The second-order valence-corrected chi connectivity index (χ2v) is 2.41. The van der Waals surface area contributed by atoms with Crippen molar-refractivity contribution in [1.29, 1.82) is 0 Å². The zero-order valence-corrected chi connectivity index (χ0v) is 6.90. The van der Waals surface area contributed by atoms with Gasteiger partial charge >= 0.3 is 11.9 Å². The van der Waals surface area contributed by atoms with E-state index in [1.807, 2.05) is 0 Å². The molecule has 0 aromatic heterocycles. The van der Waals surface area contributed by atoms with E-state index in [4.69, 9.17) is 4.74 Å². The molecule has 2 atom stereocenters. The molecule has 0 saturated carbocycles. The Morgan fingerprint density at radius 2 is 2.25 bits per heavy atom. The van der Waals surface area contributed by atoms with E-state index in [-0.39, 0.29) is 6.42 Å². The second kappa shape index (κ2) is 3.53. The minimum atomic E-state index is -0.819. The lowest BCUT2D eigenvalue weighted by Crippen LogP contribution is -2.20. The van der Waals surface area contributed by atoms with E-state index in [9.17, 15) is 9.59 Å². The number of hydrogen-bond donors (Lipinski definition) is 0. The van der Waals surface area contributed by atoms with Gasteiger partial charge in [-0.05, 0) is 0 Å². The van der Waals surface area contributed by atoms with Crippen molar-refractivity contribution in [2.24, 2.45) is 5.92 Å². The van der Waals surface area contributed by atoms with Crippen molar-refractivity contribution in [2.75, 3.05) is 14.2 Å². The van der Waals surface area contributed by atoms with Crippen LogP contribution in [0.3, 0.4) is 0 Å². The van der Waals surface area contributed by atoms with E-state index in [2.05, 4.69) is 9.47 Å². The zero-order chi connectivity index (χ0) is 9.14. The van der Waals surface area contributed by atoms with E-state index < -0.39 is 24.1 Å². The first-order chi connectivity index (χ1) is 5.69. The first kappa shape index (κ1) is 8.99. The Hall–Kier alpha value is -1.10. The fourth-order valence-electron chi connectivity index (χ4n) is 1.03. The molecule has 0 bridgehead atoms. The molecular formula is C7H10O5. The van der Waals surface area contributed by atoms with Crippen LogP contribution in [0.4, 0.5) is 0 Å². The molecule has 0 N–H and O–H groups in total. The third-order valence-corrected chi connectivity index (χ3v) is 1.71. The summed E-state index contributed by atoms with van der Waals surface area (Å²) in [5.41, 5.74) is 0. The number of esters is 2. The Kier molecular flexibility index (Phi) is 2.65. The summed E-state index contributed by atoms with van der Waals surface area (Å²) in [6, 6.07) is 0. The van der Waals surface area contributed by atoms with E-state index in [0.717, 1.165) is 0 Å². The van der Waals surface area contributed by atoms with Crippen LogP contribution < -0.4 is 0 Å². The molecule has 0 aromatic carbocycles. The molecule has 0 radical (unpaired) electrons. The van der Waals surface area contributed by atoms with Crippen molar-refractivity contribution in [1.82, 2.24) is 0 Å².